The third-order valence-corrected chi connectivity index (χ3v) is 3.70. The van der Waals surface area contributed by atoms with Crippen LogP contribution in [0.5, 0.6) is 0 Å². The number of hydrogen-bond donors (Lipinski definition) is 2. The van der Waals surface area contributed by atoms with Crippen molar-refractivity contribution in [1.29, 1.82) is 5.26 Å². The first kappa shape index (κ1) is 18.0. The van der Waals surface area contributed by atoms with Gasteiger partial charge in [-0.2, -0.15) is 5.26 Å². The van der Waals surface area contributed by atoms with E-state index < -0.39 is 0 Å². The van der Waals surface area contributed by atoms with Crippen LogP contribution in [0.4, 0.5) is 5.69 Å². The van der Waals surface area contributed by atoms with Gasteiger partial charge in [-0.1, -0.05) is 37.6 Å². The van der Waals surface area contributed by atoms with E-state index in [1.807, 2.05) is 45.1 Å². The largest absolute Gasteiger partial charge is 0.396 e. The first-order chi connectivity index (χ1) is 10.6. The van der Waals surface area contributed by atoms with Crippen molar-refractivity contribution < 1.29 is 5.11 Å². The second-order valence-corrected chi connectivity index (χ2v) is 5.59. The van der Waals surface area contributed by atoms with Crippen molar-refractivity contribution in [3.63, 3.8) is 0 Å². The van der Waals surface area contributed by atoms with Gasteiger partial charge >= 0.3 is 0 Å². The second-order valence-electron chi connectivity index (χ2n) is 5.59. The van der Waals surface area contributed by atoms with Crippen LogP contribution in [0, 0.1) is 17.2 Å². The van der Waals surface area contributed by atoms with E-state index in [0.717, 1.165) is 40.9 Å². The lowest BCUT2D eigenvalue weighted by molar-refractivity contribution is 0.244. The zero-order chi connectivity index (χ0) is 16.5. The fourth-order valence-electron chi connectivity index (χ4n) is 2.14. The Labute approximate surface area is 134 Å². The van der Waals surface area contributed by atoms with Gasteiger partial charge in [-0.3, -0.25) is 0 Å². The first-order valence-corrected chi connectivity index (χ1v) is 7.79. The summed E-state index contributed by atoms with van der Waals surface area (Å²) in [6.07, 6.45) is 4.87. The van der Waals surface area contributed by atoms with Crippen LogP contribution < -0.4 is 5.32 Å². The molecule has 0 amide bonds. The third kappa shape index (κ3) is 4.75. The average molecular weight is 298 g/mol. The van der Waals surface area contributed by atoms with E-state index in [9.17, 15) is 5.26 Å². The summed E-state index contributed by atoms with van der Waals surface area (Å²) in [7, 11) is 0. The molecule has 0 heterocycles. The number of anilines is 1. The molecule has 0 saturated heterocycles. The average Bonchev–Trinajstić information content (AvgIpc) is 2.54. The van der Waals surface area contributed by atoms with Crippen molar-refractivity contribution in [2.45, 2.75) is 34.1 Å². The molecule has 0 bridgehead atoms. The number of nitrogens with zero attached hydrogens (tertiary/aromatic N) is 1. The summed E-state index contributed by atoms with van der Waals surface area (Å²) in [6, 6.07) is 8.39. The Morgan fingerprint density at radius 1 is 1.45 bits per heavy atom. The van der Waals surface area contributed by atoms with Crippen LogP contribution in [0.25, 0.3) is 11.6 Å². The predicted octanol–water partition coefficient (Wildman–Crippen LogP) is 4.47. The van der Waals surface area contributed by atoms with Crippen LogP contribution in [0.2, 0.25) is 0 Å². The molecule has 0 saturated carbocycles. The SMILES string of the molecule is CC=Cc1cc(NCC(C)CO)ccc1C(C#N)=C(C)CC. The smallest absolute Gasteiger partial charge is 0.0997 e. The third-order valence-electron chi connectivity index (χ3n) is 3.70. The molecule has 0 spiro atoms. The molecule has 0 fully saturated rings. The molecule has 0 aliphatic rings. The Hall–Kier alpha value is -2.05. The zero-order valence-corrected chi connectivity index (χ0v) is 14.0. The highest BCUT2D eigenvalue weighted by atomic mass is 16.3. The number of benzene rings is 1. The molecule has 2 N–H and O–H groups in total. The fraction of sp³-hybridized carbons (Fsp3) is 0.421. The predicted molar refractivity (Wildman–Crippen MR) is 94.4 cm³/mol. The van der Waals surface area contributed by atoms with Crippen molar-refractivity contribution in [3.05, 3.63) is 41.0 Å². The molecule has 3 nitrogen and oxygen atoms in total. The normalized spacial score (nSPS) is 13.6. The number of aliphatic hydroxyl groups is 1. The number of aliphatic hydroxyl groups excluding tert-OH is 1. The van der Waals surface area contributed by atoms with Gasteiger partial charge < -0.3 is 10.4 Å². The summed E-state index contributed by atoms with van der Waals surface area (Å²) in [5, 5.41) is 21.9. The van der Waals surface area contributed by atoms with Crippen LogP contribution in [-0.2, 0) is 0 Å². The highest BCUT2D eigenvalue weighted by Gasteiger charge is 2.10. The summed E-state index contributed by atoms with van der Waals surface area (Å²) in [6.45, 7) is 8.93. The van der Waals surface area contributed by atoms with Crippen LogP contribution in [-0.4, -0.2) is 18.3 Å². The first-order valence-electron chi connectivity index (χ1n) is 7.79. The van der Waals surface area contributed by atoms with E-state index in [1.54, 1.807) is 0 Å². The Kier molecular flexibility index (Phi) is 7.42. The van der Waals surface area contributed by atoms with Crippen molar-refractivity contribution in [2.24, 2.45) is 5.92 Å². The van der Waals surface area contributed by atoms with Gasteiger partial charge in [0.2, 0.25) is 0 Å². The summed E-state index contributed by atoms with van der Waals surface area (Å²) in [5.74, 6) is 0.210. The van der Waals surface area contributed by atoms with Crippen LogP contribution in [0.3, 0.4) is 0 Å². The molecular weight excluding hydrogens is 272 g/mol. The summed E-state index contributed by atoms with van der Waals surface area (Å²) >= 11 is 0. The summed E-state index contributed by atoms with van der Waals surface area (Å²) < 4.78 is 0. The molecule has 0 aromatic heterocycles. The van der Waals surface area contributed by atoms with Gasteiger partial charge in [0.1, 0.15) is 0 Å². The lowest BCUT2D eigenvalue weighted by atomic mass is 9.95. The number of allylic oxidation sites excluding steroid dienone is 3. The topological polar surface area (TPSA) is 56.0 Å². The van der Waals surface area contributed by atoms with Crippen LogP contribution in [0.15, 0.2) is 29.8 Å². The second kappa shape index (κ2) is 9.07. The standard InChI is InChI=1S/C19H26N2O/c1-5-7-16-10-17(21-12-14(3)13-22)8-9-18(16)19(11-20)15(4)6-2/h5,7-10,14,21-22H,6,12-13H2,1-4H3. The molecule has 1 unspecified atom stereocenters. The Morgan fingerprint density at radius 3 is 2.73 bits per heavy atom. The minimum atomic E-state index is 0.170. The Morgan fingerprint density at radius 2 is 2.18 bits per heavy atom. The van der Waals surface area contributed by atoms with Gasteiger partial charge in [0.15, 0.2) is 0 Å². The van der Waals surface area contributed by atoms with Gasteiger partial charge in [0, 0.05) is 18.8 Å². The van der Waals surface area contributed by atoms with E-state index in [2.05, 4.69) is 24.4 Å². The van der Waals surface area contributed by atoms with Gasteiger partial charge in [-0.15, -0.1) is 0 Å². The monoisotopic (exact) mass is 298 g/mol. The van der Waals surface area contributed by atoms with E-state index in [0.29, 0.717) is 0 Å². The number of nitrogens with one attached hydrogen (secondary N) is 1. The highest BCUT2D eigenvalue weighted by molar-refractivity contribution is 5.85. The number of nitriles is 1. The molecule has 3 heteroatoms. The maximum Gasteiger partial charge on any atom is 0.0997 e. The zero-order valence-electron chi connectivity index (χ0n) is 14.0. The maximum atomic E-state index is 9.48. The molecule has 1 atom stereocenters. The Balaban J connectivity index is 3.19. The minimum Gasteiger partial charge on any atom is -0.396 e. The van der Waals surface area contributed by atoms with Crippen molar-refractivity contribution in [3.8, 4) is 6.07 Å². The maximum absolute atomic E-state index is 9.48. The molecule has 0 aliphatic heterocycles. The molecule has 1 rings (SSSR count). The van der Waals surface area contributed by atoms with Gasteiger partial charge in [0.25, 0.3) is 0 Å². The summed E-state index contributed by atoms with van der Waals surface area (Å²) in [5.41, 5.74) is 4.87. The lowest BCUT2D eigenvalue weighted by Gasteiger charge is -2.14. The van der Waals surface area contributed by atoms with Crippen molar-refractivity contribution in [1.82, 2.24) is 0 Å². The van der Waals surface area contributed by atoms with E-state index in [4.69, 9.17) is 5.11 Å². The number of rotatable bonds is 7. The highest BCUT2D eigenvalue weighted by Crippen LogP contribution is 2.27. The van der Waals surface area contributed by atoms with Crippen LogP contribution in [0.1, 0.15) is 45.2 Å². The minimum absolute atomic E-state index is 0.170. The quantitative estimate of drug-likeness (QED) is 0.730. The fourth-order valence-corrected chi connectivity index (χ4v) is 2.14. The molecule has 1 aromatic carbocycles. The molecule has 0 aliphatic carbocycles. The summed E-state index contributed by atoms with van der Waals surface area (Å²) in [4.78, 5) is 0. The molecule has 1 aromatic rings. The van der Waals surface area contributed by atoms with Crippen molar-refractivity contribution in [2.75, 3.05) is 18.5 Å². The van der Waals surface area contributed by atoms with Gasteiger partial charge in [-0.25, -0.2) is 0 Å². The van der Waals surface area contributed by atoms with Gasteiger partial charge in [-0.05, 0) is 49.4 Å². The molecule has 22 heavy (non-hydrogen) atoms. The van der Waals surface area contributed by atoms with Crippen LogP contribution >= 0.6 is 0 Å². The van der Waals surface area contributed by atoms with Crippen molar-refractivity contribution >= 4 is 17.3 Å². The number of hydrogen-bond acceptors (Lipinski definition) is 3. The molecule has 118 valence electrons. The molecular formula is C19H26N2O. The van der Waals surface area contributed by atoms with Gasteiger partial charge in [0.05, 0.1) is 11.6 Å². The van der Waals surface area contributed by atoms with E-state index in [-0.39, 0.29) is 12.5 Å². The Bertz CT molecular complexity index is 594. The van der Waals surface area contributed by atoms with E-state index in [1.165, 1.54) is 0 Å². The lowest BCUT2D eigenvalue weighted by Crippen LogP contribution is -2.14. The van der Waals surface area contributed by atoms with E-state index >= 15 is 0 Å². The molecule has 0 radical (unpaired) electrons.